The average Bonchev–Trinajstić information content (AvgIpc) is 2.82. The SMILES string of the molecule is O=C(O)CN(Cc1ccc([N+](=O)[O-])cc1)S(=O)(=O)C(F)(F)C(F)(F)C(F)(F)C(F)(F)C(F)(F)C(F)(F)C(F)(F)C(F)(F)F. The topological polar surface area (TPSA) is 118 Å². The van der Waals surface area contributed by atoms with Crippen LogP contribution in [0.1, 0.15) is 5.56 Å². The number of benzene rings is 1. The number of nitro benzene ring substituents is 1. The molecular weight excluding hydrogens is 683 g/mol. The van der Waals surface area contributed by atoms with Gasteiger partial charge in [-0.05, 0) is 5.56 Å². The molecule has 1 N–H and O–H groups in total. The van der Waals surface area contributed by atoms with E-state index < -0.39 is 96.5 Å². The van der Waals surface area contributed by atoms with Crippen LogP contribution in [0, 0.1) is 10.1 Å². The molecule has 0 aliphatic heterocycles. The van der Waals surface area contributed by atoms with Crippen LogP contribution in [0.4, 0.5) is 80.3 Å². The molecule has 8 nitrogen and oxygen atoms in total. The van der Waals surface area contributed by atoms with Gasteiger partial charge in [-0.15, -0.1) is 0 Å². The standard InChI is InChI=1S/C17H9F17N2O6S/c18-10(19,12(22,23)14(26,27)16(30,31)32)11(20,21)13(24,25)15(28,29)17(33,34)43(41,42)35(6-9(37)38)5-7-1-3-8(4-2-7)36(39)40/h1-4H,5-6H2,(H,37,38). The van der Waals surface area contributed by atoms with E-state index in [0.717, 1.165) is 0 Å². The Labute approximate surface area is 224 Å². The molecule has 0 spiro atoms. The number of nitrogens with zero attached hydrogens (tertiary/aromatic N) is 2. The normalized spacial score (nSPS) is 15.1. The Balaban J connectivity index is 3.79. The van der Waals surface area contributed by atoms with E-state index in [2.05, 4.69) is 0 Å². The van der Waals surface area contributed by atoms with Gasteiger partial charge in [0, 0.05) is 18.7 Å². The molecule has 0 atom stereocenters. The van der Waals surface area contributed by atoms with Crippen molar-refractivity contribution in [3.05, 3.63) is 39.9 Å². The van der Waals surface area contributed by atoms with Crippen LogP contribution in [0.2, 0.25) is 0 Å². The molecule has 0 bridgehead atoms. The number of carbonyl (C=O) groups is 1. The summed E-state index contributed by atoms with van der Waals surface area (Å²) in [5, 5.41) is 11.3. The second-order valence-electron chi connectivity index (χ2n) is 8.05. The van der Waals surface area contributed by atoms with Crippen molar-refractivity contribution < 1.29 is 97.9 Å². The number of rotatable bonds is 13. The number of alkyl halides is 17. The molecule has 0 aliphatic carbocycles. The van der Waals surface area contributed by atoms with E-state index in [1.54, 1.807) is 0 Å². The van der Waals surface area contributed by atoms with Crippen molar-refractivity contribution in [1.29, 1.82) is 0 Å². The number of aliphatic carboxylic acids is 1. The Morgan fingerprint density at radius 2 is 1.05 bits per heavy atom. The number of non-ortho nitro benzene ring substituents is 1. The van der Waals surface area contributed by atoms with Gasteiger partial charge in [0.25, 0.3) is 15.7 Å². The highest BCUT2D eigenvalue weighted by Gasteiger charge is 2.96. The molecule has 1 rings (SSSR count). The summed E-state index contributed by atoms with van der Waals surface area (Å²) in [6.07, 6.45) is -7.98. The van der Waals surface area contributed by atoms with Crippen LogP contribution < -0.4 is 0 Å². The second-order valence-corrected chi connectivity index (χ2v) is 10.0. The Morgan fingerprint density at radius 1 is 0.698 bits per heavy atom. The minimum Gasteiger partial charge on any atom is -0.480 e. The Morgan fingerprint density at radius 3 is 1.37 bits per heavy atom. The molecule has 0 heterocycles. The van der Waals surface area contributed by atoms with Gasteiger partial charge in [-0.25, -0.2) is 8.42 Å². The van der Waals surface area contributed by atoms with Crippen LogP contribution in [-0.4, -0.2) is 82.2 Å². The highest BCUT2D eigenvalue weighted by atomic mass is 32.2. The van der Waals surface area contributed by atoms with E-state index in [9.17, 15) is 98.0 Å². The Bertz CT molecular complexity index is 1330. The predicted molar refractivity (Wildman–Crippen MR) is 101 cm³/mol. The maximum atomic E-state index is 14.5. The van der Waals surface area contributed by atoms with Gasteiger partial charge in [0.15, 0.2) is 0 Å². The van der Waals surface area contributed by atoms with Gasteiger partial charge in [0.2, 0.25) is 0 Å². The molecular formula is C17H9F17N2O6S. The largest absolute Gasteiger partial charge is 0.480 e. The lowest BCUT2D eigenvalue weighted by molar-refractivity contribution is -0.458. The van der Waals surface area contributed by atoms with Gasteiger partial charge in [-0.3, -0.25) is 14.9 Å². The molecule has 0 radical (unpaired) electrons. The Hall–Kier alpha value is -3.19. The summed E-state index contributed by atoms with van der Waals surface area (Å²) in [5.74, 6) is -55.4. The summed E-state index contributed by atoms with van der Waals surface area (Å²) in [7, 11) is -7.89. The fourth-order valence-corrected chi connectivity index (χ4v) is 4.15. The highest BCUT2D eigenvalue weighted by molar-refractivity contribution is 7.90. The maximum absolute atomic E-state index is 14.5. The van der Waals surface area contributed by atoms with Crippen LogP contribution in [0.5, 0.6) is 0 Å². The zero-order valence-corrected chi connectivity index (χ0v) is 20.3. The summed E-state index contributed by atoms with van der Waals surface area (Å²) in [6, 6.07) is 1.73. The maximum Gasteiger partial charge on any atom is 0.460 e. The van der Waals surface area contributed by atoms with Crippen LogP contribution in [0.25, 0.3) is 0 Å². The molecule has 0 saturated heterocycles. The first-order valence-corrected chi connectivity index (χ1v) is 11.3. The number of carboxylic acids is 1. The molecule has 0 unspecified atom stereocenters. The average molecular weight is 692 g/mol. The first-order valence-electron chi connectivity index (χ1n) is 9.86. The minimum absolute atomic E-state index is 0.422. The van der Waals surface area contributed by atoms with E-state index in [0.29, 0.717) is 24.3 Å². The van der Waals surface area contributed by atoms with Crippen LogP contribution >= 0.6 is 0 Å². The minimum atomic E-state index is -9.05. The molecule has 0 amide bonds. The quantitative estimate of drug-likeness (QED) is 0.159. The summed E-state index contributed by atoms with van der Waals surface area (Å²) < 4.78 is 252. The third-order valence-corrected chi connectivity index (χ3v) is 7.02. The molecule has 26 heteroatoms. The molecule has 1 aromatic rings. The van der Waals surface area contributed by atoms with Gasteiger partial charge in [0.1, 0.15) is 6.54 Å². The predicted octanol–water partition coefficient (Wildman–Crippen LogP) is 5.78. The van der Waals surface area contributed by atoms with Crippen molar-refractivity contribution in [2.24, 2.45) is 0 Å². The highest BCUT2D eigenvalue weighted by Crippen LogP contribution is 2.64. The van der Waals surface area contributed by atoms with Crippen LogP contribution in [0.15, 0.2) is 24.3 Å². The van der Waals surface area contributed by atoms with Gasteiger partial charge in [0.05, 0.1) is 4.92 Å². The van der Waals surface area contributed by atoms with Crippen molar-refractivity contribution >= 4 is 21.7 Å². The Kier molecular flexibility index (Phi) is 9.47. The molecule has 0 fully saturated rings. The van der Waals surface area contributed by atoms with Crippen molar-refractivity contribution in [3.63, 3.8) is 0 Å². The third-order valence-electron chi connectivity index (χ3n) is 5.17. The fraction of sp³-hybridized carbons (Fsp3) is 0.588. The van der Waals surface area contributed by atoms with Crippen molar-refractivity contribution in [1.82, 2.24) is 4.31 Å². The molecule has 0 saturated carbocycles. The van der Waals surface area contributed by atoms with Gasteiger partial charge < -0.3 is 5.11 Å². The lowest BCUT2D eigenvalue weighted by atomic mass is 9.91. The number of nitro groups is 1. The van der Waals surface area contributed by atoms with E-state index in [1.807, 2.05) is 0 Å². The molecule has 1 aromatic carbocycles. The van der Waals surface area contributed by atoms with Crippen molar-refractivity contribution in [2.45, 2.75) is 53.5 Å². The second kappa shape index (κ2) is 10.8. The zero-order chi connectivity index (χ0) is 34.6. The lowest BCUT2D eigenvalue weighted by Gasteiger charge is -2.43. The van der Waals surface area contributed by atoms with E-state index in [4.69, 9.17) is 5.11 Å². The smallest absolute Gasteiger partial charge is 0.460 e. The summed E-state index contributed by atoms with van der Waals surface area (Å²) in [6.45, 7) is -4.41. The summed E-state index contributed by atoms with van der Waals surface area (Å²) in [4.78, 5) is 20.4. The van der Waals surface area contributed by atoms with E-state index >= 15 is 0 Å². The monoisotopic (exact) mass is 692 g/mol. The van der Waals surface area contributed by atoms with Crippen LogP contribution in [-0.2, 0) is 21.4 Å². The fourth-order valence-electron chi connectivity index (χ4n) is 2.78. The first-order chi connectivity index (χ1) is 18.7. The van der Waals surface area contributed by atoms with Gasteiger partial charge in [-0.2, -0.15) is 78.9 Å². The molecule has 248 valence electrons. The number of hydrogen-bond donors (Lipinski definition) is 1. The molecule has 0 aliphatic rings. The molecule has 0 aromatic heterocycles. The molecule has 43 heavy (non-hydrogen) atoms. The summed E-state index contributed by atoms with van der Waals surface area (Å²) in [5.41, 5.74) is -1.68. The number of sulfonamides is 1. The number of carboxylic acid groups (broad SMARTS) is 1. The first kappa shape index (κ1) is 37.8. The van der Waals surface area contributed by atoms with Crippen molar-refractivity contribution in [3.8, 4) is 0 Å². The lowest BCUT2D eigenvalue weighted by Crippen LogP contribution is -2.75. The number of halogens is 17. The third kappa shape index (κ3) is 5.61. The van der Waals surface area contributed by atoms with Gasteiger partial charge in [-0.1, -0.05) is 12.1 Å². The van der Waals surface area contributed by atoms with E-state index in [-0.39, 0.29) is 0 Å². The van der Waals surface area contributed by atoms with Crippen LogP contribution in [0.3, 0.4) is 0 Å². The number of hydrogen-bond acceptors (Lipinski definition) is 5. The zero-order valence-electron chi connectivity index (χ0n) is 19.4. The summed E-state index contributed by atoms with van der Waals surface area (Å²) >= 11 is 0. The van der Waals surface area contributed by atoms with E-state index in [1.165, 1.54) is 0 Å². The van der Waals surface area contributed by atoms with Gasteiger partial charge >= 0.3 is 52.9 Å². The van der Waals surface area contributed by atoms with Crippen molar-refractivity contribution in [2.75, 3.05) is 6.54 Å².